The normalized spacial score (nSPS) is 9.19. The van der Waals surface area contributed by atoms with Crippen molar-refractivity contribution >= 4 is 21.5 Å². The fourth-order valence-electron chi connectivity index (χ4n) is 3.00. The fourth-order valence-corrected chi connectivity index (χ4v) is 3.00. The standard InChI is InChI=1S/2C12H11.2ClH.Zr/c2*1-2-5-10-8-11-6-3-4-7-12(11)9-10;;;/h2*2-4,6-9H,1,5H2;2*1H;/q2*-1;;;+4/p-2. The van der Waals surface area contributed by atoms with Crippen molar-refractivity contribution in [2.24, 2.45) is 0 Å². The third kappa shape index (κ3) is 6.93. The minimum absolute atomic E-state index is 0. The molecule has 0 saturated carbocycles. The van der Waals surface area contributed by atoms with Crippen LogP contribution in [0.3, 0.4) is 0 Å². The number of hydrogen-bond donors (Lipinski definition) is 0. The molecule has 136 valence electrons. The maximum atomic E-state index is 3.73. The SMILES string of the molecule is C=CCc1cc2ccccc2[cH-]1.C=CCc1cc2ccccc2[cH-]1.[Cl-].[Cl-].[Zr+4]. The van der Waals surface area contributed by atoms with E-state index in [0.717, 1.165) is 12.8 Å². The van der Waals surface area contributed by atoms with E-state index >= 15 is 0 Å². The van der Waals surface area contributed by atoms with Gasteiger partial charge in [-0.05, 0) is 12.8 Å². The van der Waals surface area contributed by atoms with Gasteiger partial charge in [0.05, 0.1) is 0 Å². The summed E-state index contributed by atoms with van der Waals surface area (Å²) in [5.41, 5.74) is 2.71. The van der Waals surface area contributed by atoms with Gasteiger partial charge >= 0.3 is 26.2 Å². The largest absolute Gasteiger partial charge is 4.00 e. The van der Waals surface area contributed by atoms with Crippen molar-refractivity contribution in [3.05, 3.63) is 109 Å². The second kappa shape index (κ2) is 12.9. The Labute approximate surface area is 193 Å². The molecule has 0 saturated heterocycles. The summed E-state index contributed by atoms with van der Waals surface area (Å²) in [5, 5.41) is 5.31. The molecule has 0 aliphatic heterocycles. The van der Waals surface area contributed by atoms with E-state index in [9.17, 15) is 0 Å². The van der Waals surface area contributed by atoms with Crippen molar-refractivity contribution in [2.45, 2.75) is 12.8 Å². The molecular formula is C24H22Cl2Zr. The third-order valence-corrected chi connectivity index (χ3v) is 4.12. The van der Waals surface area contributed by atoms with Crippen molar-refractivity contribution < 1.29 is 51.0 Å². The van der Waals surface area contributed by atoms with Gasteiger partial charge in [0.2, 0.25) is 0 Å². The van der Waals surface area contributed by atoms with Gasteiger partial charge in [-0.15, -0.1) is 94.4 Å². The second-order valence-corrected chi connectivity index (χ2v) is 5.97. The Kier molecular flexibility index (Phi) is 12.2. The Bertz CT molecular complexity index is 817. The molecule has 4 aromatic rings. The summed E-state index contributed by atoms with van der Waals surface area (Å²) in [6.07, 6.45) is 5.81. The van der Waals surface area contributed by atoms with Crippen LogP contribution in [0.25, 0.3) is 21.5 Å². The number of allylic oxidation sites excluding steroid dienone is 2. The molecule has 0 atom stereocenters. The van der Waals surface area contributed by atoms with Crippen LogP contribution in [0.4, 0.5) is 0 Å². The number of rotatable bonds is 4. The molecule has 0 nitrogen and oxygen atoms in total. The topological polar surface area (TPSA) is 0 Å². The summed E-state index contributed by atoms with van der Waals surface area (Å²) in [4.78, 5) is 0. The Morgan fingerprint density at radius 1 is 0.667 bits per heavy atom. The Balaban J connectivity index is 0.000000451. The van der Waals surface area contributed by atoms with E-state index in [2.05, 4.69) is 86.0 Å². The van der Waals surface area contributed by atoms with Crippen LogP contribution in [-0.2, 0) is 39.0 Å². The van der Waals surface area contributed by atoms with Gasteiger partial charge in [0.25, 0.3) is 0 Å². The molecule has 0 aromatic heterocycles. The first kappa shape index (κ1) is 25.6. The van der Waals surface area contributed by atoms with Crippen LogP contribution < -0.4 is 24.8 Å². The van der Waals surface area contributed by atoms with Gasteiger partial charge in [0.15, 0.2) is 0 Å². The summed E-state index contributed by atoms with van der Waals surface area (Å²) in [5.74, 6) is 0. The molecule has 0 N–H and O–H groups in total. The molecule has 4 aromatic carbocycles. The zero-order valence-corrected chi connectivity index (χ0v) is 19.1. The minimum atomic E-state index is 0. The molecule has 4 rings (SSSR count). The zero-order chi connectivity index (χ0) is 16.8. The maximum absolute atomic E-state index is 3.73. The number of fused-ring (bicyclic) bond motifs is 2. The third-order valence-electron chi connectivity index (χ3n) is 4.12. The van der Waals surface area contributed by atoms with Crippen LogP contribution in [0.15, 0.2) is 98.1 Å². The predicted octanol–water partition coefficient (Wildman–Crippen LogP) is 0.580. The van der Waals surface area contributed by atoms with Crippen LogP contribution in [0.2, 0.25) is 0 Å². The summed E-state index contributed by atoms with van der Waals surface area (Å²) >= 11 is 0. The van der Waals surface area contributed by atoms with Crippen molar-refractivity contribution in [3.8, 4) is 0 Å². The Hall–Kier alpha value is -1.40. The molecule has 0 amide bonds. The fraction of sp³-hybridized carbons (Fsp3) is 0.0833. The summed E-state index contributed by atoms with van der Waals surface area (Å²) in [7, 11) is 0. The van der Waals surface area contributed by atoms with E-state index in [1.54, 1.807) is 0 Å². The zero-order valence-electron chi connectivity index (χ0n) is 15.2. The summed E-state index contributed by atoms with van der Waals surface area (Å²) in [6.45, 7) is 7.45. The van der Waals surface area contributed by atoms with Crippen LogP contribution in [0.1, 0.15) is 11.1 Å². The molecule has 0 radical (unpaired) electrons. The first-order chi connectivity index (χ1) is 11.8. The van der Waals surface area contributed by atoms with Gasteiger partial charge in [-0.3, -0.25) is 0 Å². The van der Waals surface area contributed by atoms with Crippen molar-refractivity contribution in [2.75, 3.05) is 0 Å². The molecule has 0 unspecified atom stereocenters. The molecule has 0 fully saturated rings. The number of benzene rings is 2. The number of hydrogen-bond acceptors (Lipinski definition) is 0. The Morgan fingerprint density at radius 2 is 1.04 bits per heavy atom. The van der Waals surface area contributed by atoms with E-state index in [-0.39, 0.29) is 51.0 Å². The average molecular weight is 473 g/mol. The van der Waals surface area contributed by atoms with E-state index in [0.29, 0.717) is 0 Å². The molecule has 0 aliphatic carbocycles. The van der Waals surface area contributed by atoms with Gasteiger partial charge in [-0.1, -0.05) is 24.3 Å². The number of halogens is 2. The predicted molar refractivity (Wildman–Crippen MR) is 107 cm³/mol. The van der Waals surface area contributed by atoms with Crippen LogP contribution in [0, 0.1) is 0 Å². The van der Waals surface area contributed by atoms with Crippen LogP contribution >= 0.6 is 0 Å². The Morgan fingerprint density at radius 3 is 1.37 bits per heavy atom. The average Bonchev–Trinajstić information content (AvgIpc) is 3.18. The molecule has 3 heteroatoms. The van der Waals surface area contributed by atoms with E-state index in [4.69, 9.17) is 0 Å². The van der Waals surface area contributed by atoms with Gasteiger partial charge in [-0.25, -0.2) is 0 Å². The van der Waals surface area contributed by atoms with Gasteiger partial charge in [0.1, 0.15) is 0 Å². The van der Waals surface area contributed by atoms with Gasteiger partial charge in [0, 0.05) is 0 Å². The van der Waals surface area contributed by atoms with Crippen molar-refractivity contribution in [3.63, 3.8) is 0 Å². The quantitative estimate of drug-likeness (QED) is 0.301. The smallest absolute Gasteiger partial charge is 1.00 e. The first-order valence-corrected chi connectivity index (χ1v) is 8.30. The van der Waals surface area contributed by atoms with Crippen molar-refractivity contribution in [1.82, 2.24) is 0 Å². The molecule has 0 heterocycles. The van der Waals surface area contributed by atoms with Crippen LogP contribution in [0.5, 0.6) is 0 Å². The van der Waals surface area contributed by atoms with E-state index in [1.165, 1.54) is 32.7 Å². The van der Waals surface area contributed by atoms with Crippen molar-refractivity contribution in [1.29, 1.82) is 0 Å². The first-order valence-electron chi connectivity index (χ1n) is 8.30. The molecule has 0 bridgehead atoms. The maximum Gasteiger partial charge on any atom is 4.00 e. The monoisotopic (exact) mass is 470 g/mol. The van der Waals surface area contributed by atoms with Gasteiger partial charge < -0.3 is 24.8 Å². The van der Waals surface area contributed by atoms with E-state index in [1.807, 2.05) is 12.2 Å². The molecule has 0 spiro atoms. The van der Waals surface area contributed by atoms with Gasteiger partial charge in [-0.2, -0.15) is 12.1 Å². The van der Waals surface area contributed by atoms with Crippen LogP contribution in [-0.4, -0.2) is 0 Å². The molecule has 27 heavy (non-hydrogen) atoms. The summed E-state index contributed by atoms with van der Waals surface area (Å²) < 4.78 is 0. The van der Waals surface area contributed by atoms with E-state index < -0.39 is 0 Å². The molecular weight excluding hydrogens is 450 g/mol. The summed E-state index contributed by atoms with van der Waals surface area (Å²) in [6, 6.07) is 25.7. The minimum Gasteiger partial charge on any atom is -1.00 e. The molecule has 0 aliphatic rings. The second-order valence-electron chi connectivity index (χ2n) is 5.97.